The highest BCUT2D eigenvalue weighted by Gasteiger charge is 2.48. The molecule has 2 saturated carbocycles. The molecule has 1 aliphatic heterocycles. The monoisotopic (exact) mass is 238 g/mol. The summed E-state index contributed by atoms with van der Waals surface area (Å²) in [7, 11) is 0. The fourth-order valence-corrected chi connectivity index (χ4v) is 3.43. The second kappa shape index (κ2) is 4.25. The van der Waals surface area contributed by atoms with Crippen LogP contribution in [0, 0.1) is 17.8 Å². The van der Waals surface area contributed by atoms with Crippen molar-refractivity contribution >= 4 is 5.91 Å². The van der Waals surface area contributed by atoms with Crippen LogP contribution in [-0.4, -0.2) is 31.2 Å². The van der Waals surface area contributed by atoms with E-state index in [1.807, 2.05) is 0 Å². The van der Waals surface area contributed by atoms with Gasteiger partial charge in [0.15, 0.2) is 0 Å². The number of hydrogen-bond donors (Lipinski definition) is 2. The van der Waals surface area contributed by atoms with Gasteiger partial charge in [-0.25, -0.2) is 0 Å². The van der Waals surface area contributed by atoms with Crippen molar-refractivity contribution in [2.24, 2.45) is 23.5 Å². The molecule has 96 valence electrons. The third kappa shape index (κ3) is 2.20. The Balaban J connectivity index is 1.58. The molecule has 0 aromatic heterocycles. The Hall–Kier alpha value is -0.610. The van der Waals surface area contributed by atoms with Crippen LogP contribution in [0.5, 0.6) is 0 Å². The molecule has 2 atom stereocenters. The van der Waals surface area contributed by atoms with Gasteiger partial charge in [0.25, 0.3) is 0 Å². The second-order valence-corrected chi connectivity index (χ2v) is 6.01. The van der Waals surface area contributed by atoms with Gasteiger partial charge in [-0.3, -0.25) is 4.79 Å². The Kier molecular flexibility index (Phi) is 2.87. The largest absolute Gasteiger partial charge is 0.381 e. The van der Waals surface area contributed by atoms with Gasteiger partial charge in [0.1, 0.15) is 0 Å². The number of rotatable bonds is 3. The zero-order chi connectivity index (χ0) is 11.9. The lowest BCUT2D eigenvalue weighted by atomic mass is 9.89. The van der Waals surface area contributed by atoms with E-state index in [1.165, 1.54) is 6.42 Å². The van der Waals surface area contributed by atoms with E-state index < -0.39 is 0 Å². The van der Waals surface area contributed by atoms with Crippen molar-refractivity contribution in [2.75, 3.05) is 19.8 Å². The standard InChI is InChI=1S/C13H22N2O2/c14-8-13(1-3-17-4-2-13)15-12(16)11-6-9-5-10(9)7-11/h9-11H,1-8,14H2,(H,15,16). The first-order chi connectivity index (χ1) is 8.22. The van der Waals surface area contributed by atoms with Gasteiger partial charge in [0.05, 0.1) is 5.54 Å². The number of ether oxygens (including phenoxy) is 1. The van der Waals surface area contributed by atoms with Crippen molar-refractivity contribution < 1.29 is 9.53 Å². The van der Waals surface area contributed by atoms with Crippen LogP contribution in [0.15, 0.2) is 0 Å². The molecule has 0 radical (unpaired) electrons. The summed E-state index contributed by atoms with van der Waals surface area (Å²) in [6.45, 7) is 1.96. The topological polar surface area (TPSA) is 64.3 Å². The van der Waals surface area contributed by atoms with Gasteiger partial charge >= 0.3 is 0 Å². The fourth-order valence-electron chi connectivity index (χ4n) is 3.43. The summed E-state index contributed by atoms with van der Waals surface area (Å²) in [4.78, 5) is 12.2. The molecule has 0 spiro atoms. The second-order valence-electron chi connectivity index (χ2n) is 6.01. The third-order valence-corrected chi connectivity index (χ3v) is 4.84. The van der Waals surface area contributed by atoms with Crippen LogP contribution in [0.4, 0.5) is 0 Å². The molecular formula is C13H22N2O2. The van der Waals surface area contributed by atoms with E-state index in [4.69, 9.17) is 10.5 Å². The highest BCUT2D eigenvalue weighted by atomic mass is 16.5. The smallest absolute Gasteiger partial charge is 0.223 e. The van der Waals surface area contributed by atoms with Gasteiger partial charge in [-0.05, 0) is 43.9 Å². The Morgan fingerprint density at radius 3 is 2.47 bits per heavy atom. The average molecular weight is 238 g/mol. The number of fused-ring (bicyclic) bond motifs is 1. The zero-order valence-electron chi connectivity index (χ0n) is 10.3. The van der Waals surface area contributed by atoms with E-state index in [9.17, 15) is 4.79 Å². The minimum atomic E-state index is -0.192. The van der Waals surface area contributed by atoms with Gasteiger partial charge in [-0.15, -0.1) is 0 Å². The summed E-state index contributed by atoms with van der Waals surface area (Å²) >= 11 is 0. The maximum atomic E-state index is 12.2. The molecule has 4 heteroatoms. The van der Waals surface area contributed by atoms with Crippen LogP contribution < -0.4 is 11.1 Å². The van der Waals surface area contributed by atoms with Crippen molar-refractivity contribution in [1.29, 1.82) is 0 Å². The predicted octanol–water partition coefficient (Wildman–Crippen LogP) is 0.657. The van der Waals surface area contributed by atoms with Crippen LogP contribution in [0.2, 0.25) is 0 Å². The lowest BCUT2D eigenvalue weighted by Gasteiger charge is -2.37. The van der Waals surface area contributed by atoms with Crippen LogP contribution in [0.1, 0.15) is 32.1 Å². The van der Waals surface area contributed by atoms with E-state index in [0.717, 1.165) is 37.5 Å². The molecule has 3 rings (SSSR count). The molecule has 0 aromatic rings. The van der Waals surface area contributed by atoms with Crippen molar-refractivity contribution in [1.82, 2.24) is 5.32 Å². The van der Waals surface area contributed by atoms with Crippen molar-refractivity contribution in [2.45, 2.75) is 37.6 Å². The minimum absolute atomic E-state index is 0.192. The molecule has 1 heterocycles. The SMILES string of the molecule is NCC1(NC(=O)C2CC3CC3C2)CCOCC1. The van der Waals surface area contributed by atoms with Gasteiger partial charge in [-0.1, -0.05) is 0 Å². The Bertz CT molecular complexity index is 303. The number of carbonyl (C=O) groups is 1. The summed E-state index contributed by atoms with van der Waals surface area (Å²) < 4.78 is 5.35. The molecule has 0 bridgehead atoms. The number of nitrogens with one attached hydrogen (secondary N) is 1. The van der Waals surface area contributed by atoms with Gasteiger partial charge in [0.2, 0.25) is 5.91 Å². The molecule has 3 aliphatic rings. The fraction of sp³-hybridized carbons (Fsp3) is 0.923. The van der Waals surface area contributed by atoms with Gasteiger partial charge < -0.3 is 15.8 Å². The highest BCUT2D eigenvalue weighted by molar-refractivity contribution is 5.80. The molecular weight excluding hydrogens is 216 g/mol. The molecule has 3 N–H and O–H groups in total. The van der Waals surface area contributed by atoms with Crippen molar-refractivity contribution in [3.05, 3.63) is 0 Å². The molecule has 2 unspecified atom stereocenters. The van der Waals surface area contributed by atoms with E-state index >= 15 is 0 Å². The summed E-state index contributed by atoms with van der Waals surface area (Å²) in [5.74, 6) is 2.21. The summed E-state index contributed by atoms with van der Waals surface area (Å²) in [5.41, 5.74) is 5.66. The van der Waals surface area contributed by atoms with Gasteiger partial charge in [-0.2, -0.15) is 0 Å². The third-order valence-electron chi connectivity index (χ3n) is 4.84. The van der Waals surface area contributed by atoms with Gasteiger partial charge in [0, 0.05) is 25.7 Å². The van der Waals surface area contributed by atoms with Crippen LogP contribution >= 0.6 is 0 Å². The average Bonchev–Trinajstić information content (AvgIpc) is 2.97. The Morgan fingerprint density at radius 2 is 1.88 bits per heavy atom. The summed E-state index contributed by atoms with van der Waals surface area (Å²) in [6, 6.07) is 0. The van der Waals surface area contributed by atoms with Crippen LogP contribution in [0.25, 0.3) is 0 Å². The maximum absolute atomic E-state index is 12.2. The number of hydrogen-bond acceptors (Lipinski definition) is 3. The van der Waals surface area contributed by atoms with E-state index in [-0.39, 0.29) is 17.4 Å². The highest BCUT2D eigenvalue weighted by Crippen LogP contribution is 2.54. The Morgan fingerprint density at radius 1 is 1.24 bits per heavy atom. The lowest BCUT2D eigenvalue weighted by molar-refractivity contribution is -0.128. The molecule has 1 amide bonds. The van der Waals surface area contributed by atoms with E-state index in [0.29, 0.717) is 19.8 Å². The number of amides is 1. The minimum Gasteiger partial charge on any atom is -0.381 e. The van der Waals surface area contributed by atoms with Crippen LogP contribution in [0.3, 0.4) is 0 Å². The Labute approximate surface area is 102 Å². The normalized spacial score (nSPS) is 38.5. The molecule has 1 saturated heterocycles. The zero-order valence-corrected chi connectivity index (χ0v) is 10.3. The number of carbonyl (C=O) groups excluding carboxylic acids is 1. The molecule has 4 nitrogen and oxygen atoms in total. The van der Waals surface area contributed by atoms with Crippen molar-refractivity contribution in [3.8, 4) is 0 Å². The van der Waals surface area contributed by atoms with Crippen molar-refractivity contribution in [3.63, 3.8) is 0 Å². The summed E-state index contributed by atoms with van der Waals surface area (Å²) in [6.07, 6.45) is 5.28. The van der Waals surface area contributed by atoms with Crippen LogP contribution in [-0.2, 0) is 9.53 Å². The predicted molar refractivity (Wildman–Crippen MR) is 64.3 cm³/mol. The molecule has 17 heavy (non-hydrogen) atoms. The first kappa shape index (κ1) is 11.5. The molecule has 2 aliphatic carbocycles. The van der Waals surface area contributed by atoms with E-state index in [2.05, 4.69) is 5.32 Å². The molecule has 3 fully saturated rings. The maximum Gasteiger partial charge on any atom is 0.223 e. The quantitative estimate of drug-likeness (QED) is 0.759. The molecule has 0 aromatic carbocycles. The lowest BCUT2D eigenvalue weighted by Crippen LogP contribution is -2.57. The first-order valence-corrected chi connectivity index (χ1v) is 6.82. The number of nitrogens with two attached hydrogens (primary N) is 1. The first-order valence-electron chi connectivity index (χ1n) is 6.82. The summed E-state index contributed by atoms with van der Waals surface area (Å²) in [5, 5.41) is 3.22. The van der Waals surface area contributed by atoms with E-state index in [1.54, 1.807) is 0 Å².